The van der Waals surface area contributed by atoms with E-state index >= 15 is 0 Å². The van der Waals surface area contributed by atoms with Crippen LogP contribution in [-0.4, -0.2) is 37.5 Å². The highest BCUT2D eigenvalue weighted by atomic mass is 32.1. The first kappa shape index (κ1) is 15.5. The molecule has 0 radical (unpaired) electrons. The highest BCUT2D eigenvalue weighted by Crippen LogP contribution is 2.28. The highest BCUT2D eigenvalue weighted by Gasteiger charge is 2.15. The van der Waals surface area contributed by atoms with Gasteiger partial charge in [-0.1, -0.05) is 19.8 Å². The highest BCUT2D eigenvalue weighted by molar-refractivity contribution is 7.14. The van der Waals surface area contributed by atoms with E-state index in [4.69, 9.17) is 0 Å². The van der Waals surface area contributed by atoms with Crippen molar-refractivity contribution < 1.29 is 4.79 Å². The van der Waals surface area contributed by atoms with E-state index < -0.39 is 0 Å². The zero-order valence-electron chi connectivity index (χ0n) is 12.7. The molecule has 0 saturated heterocycles. The van der Waals surface area contributed by atoms with E-state index in [0.717, 1.165) is 37.4 Å². The number of amides is 1. The number of carbonyl (C=O) groups excluding carboxylic acids is 1. The monoisotopic (exact) mass is 294 g/mol. The largest absolute Gasteiger partial charge is 0.350 e. The molecule has 1 N–H and O–H groups in total. The standard InChI is InChI=1S/C16H26N2OS/c1-3-18(2)11-10-17-16(19)15-12-13-8-6-4-5-7-9-14(13)20-15/h12H,3-11H2,1-2H3,(H,17,19). The summed E-state index contributed by atoms with van der Waals surface area (Å²) in [7, 11) is 2.07. The molecule has 0 spiro atoms. The van der Waals surface area contributed by atoms with Crippen LogP contribution in [0.5, 0.6) is 0 Å². The van der Waals surface area contributed by atoms with Crippen LogP contribution in [0.4, 0.5) is 0 Å². The molecule has 1 aromatic rings. The molecule has 1 amide bonds. The zero-order valence-corrected chi connectivity index (χ0v) is 13.5. The summed E-state index contributed by atoms with van der Waals surface area (Å²) < 4.78 is 0. The van der Waals surface area contributed by atoms with Crippen molar-refractivity contribution in [2.75, 3.05) is 26.7 Å². The smallest absolute Gasteiger partial charge is 0.261 e. The fraction of sp³-hybridized carbons (Fsp3) is 0.688. The number of likely N-dealkylation sites (N-methyl/N-ethyl adjacent to an activating group) is 1. The minimum atomic E-state index is 0.103. The first-order chi connectivity index (χ1) is 9.70. The summed E-state index contributed by atoms with van der Waals surface area (Å²) in [6.45, 7) is 4.78. The van der Waals surface area contributed by atoms with Crippen molar-refractivity contribution in [3.63, 3.8) is 0 Å². The number of rotatable bonds is 5. The number of fused-ring (bicyclic) bond motifs is 1. The molecule has 1 aromatic heterocycles. The van der Waals surface area contributed by atoms with Crippen LogP contribution in [0.2, 0.25) is 0 Å². The summed E-state index contributed by atoms with van der Waals surface area (Å²) in [4.78, 5) is 16.7. The normalized spacial score (nSPS) is 15.6. The topological polar surface area (TPSA) is 32.3 Å². The minimum Gasteiger partial charge on any atom is -0.350 e. The van der Waals surface area contributed by atoms with E-state index in [2.05, 4.69) is 30.3 Å². The van der Waals surface area contributed by atoms with Gasteiger partial charge in [0.05, 0.1) is 4.88 Å². The third kappa shape index (κ3) is 4.32. The second kappa shape index (κ2) is 7.79. The van der Waals surface area contributed by atoms with Gasteiger partial charge < -0.3 is 10.2 Å². The molecular weight excluding hydrogens is 268 g/mol. The van der Waals surface area contributed by atoms with Crippen LogP contribution < -0.4 is 5.32 Å². The second-order valence-corrected chi connectivity index (χ2v) is 6.76. The van der Waals surface area contributed by atoms with Crippen LogP contribution in [0.1, 0.15) is 52.7 Å². The Hall–Kier alpha value is -0.870. The molecule has 4 heteroatoms. The number of carbonyl (C=O) groups is 1. The Kier molecular flexibility index (Phi) is 6.05. The molecule has 1 aliphatic carbocycles. The molecule has 0 bridgehead atoms. The zero-order chi connectivity index (χ0) is 14.4. The van der Waals surface area contributed by atoms with Crippen LogP contribution in [0.3, 0.4) is 0 Å². The maximum absolute atomic E-state index is 12.2. The third-order valence-electron chi connectivity index (χ3n) is 4.04. The Morgan fingerprint density at radius 3 is 2.80 bits per heavy atom. The summed E-state index contributed by atoms with van der Waals surface area (Å²) in [6, 6.07) is 2.13. The van der Waals surface area contributed by atoms with Gasteiger partial charge in [0.2, 0.25) is 0 Å². The van der Waals surface area contributed by atoms with Gasteiger partial charge in [0.25, 0.3) is 5.91 Å². The van der Waals surface area contributed by atoms with Crippen molar-refractivity contribution in [2.24, 2.45) is 0 Å². The van der Waals surface area contributed by atoms with Crippen molar-refractivity contribution in [3.05, 3.63) is 21.4 Å². The fourth-order valence-electron chi connectivity index (χ4n) is 2.56. The average molecular weight is 294 g/mol. The fourth-order valence-corrected chi connectivity index (χ4v) is 3.73. The van der Waals surface area contributed by atoms with E-state index in [-0.39, 0.29) is 5.91 Å². The Labute approximate surface area is 126 Å². The van der Waals surface area contributed by atoms with Gasteiger partial charge in [0.15, 0.2) is 0 Å². The molecule has 0 aliphatic heterocycles. The van der Waals surface area contributed by atoms with E-state index in [1.807, 2.05) is 0 Å². The van der Waals surface area contributed by atoms with Crippen LogP contribution in [0.15, 0.2) is 6.07 Å². The van der Waals surface area contributed by atoms with E-state index in [9.17, 15) is 4.79 Å². The van der Waals surface area contributed by atoms with Crippen LogP contribution in [0.25, 0.3) is 0 Å². The Bertz CT molecular complexity index is 416. The summed E-state index contributed by atoms with van der Waals surface area (Å²) in [5.41, 5.74) is 1.42. The summed E-state index contributed by atoms with van der Waals surface area (Å²) in [6.07, 6.45) is 7.52. The lowest BCUT2D eigenvalue weighted by Gasteiger charge is -2.13. The molecule has 112 valence electrons. The van der Waals surface area contributed by atoms with Crippen molar-refractivity contribution in [1.82, 2.24) is 10.2 Å². The molecular formula is C16H26N2OS. The van der Waals surface area contributed by atoms with Gasteiger partial charge in [-0.3, -0.25) is 4.79 Å². The third-order valence-corrected chi connectivity index (χ3v) is 5.28. The maximum Gasteiger partial charge on any atom is 0.261 e. The Morgan fingerprint density at radius 2 is 2.05 bits per heavy atom. The quantitative estimate of drug-likeness (QED) is 0.905. The number of nitrogens with one attached hydrogen (secondary N) is 1. The van der Waals surface area contributed by atoms with Gasteiger partial charge >= 0.3 is 0 Å². The molecule has 0 fully saturated rings. The number of hydrogen-bond donors (Lipinski definition) is 1. The van der Waals surface area contributed by atoms with Gasteiger partial charge in [0.1, 0.15) is 0 Å². The molecule has 2 rings (SSSR count). The predicted octanol–water partition coefficient (Wildman–Crippen LogP) is 3.09. The number of nitrogens with zero attached hydrogens (tertiary/aromatic N) is 1. The summed E-state index contributed by atoms with van der Waals surface area (Å²) in [5, 5.41) is 3.03. The van der Waals surface area contributed by atoms with Gasteiger partial charge in [-0.15, -0.1) is 11.3 Å². The van der Waals surface area contributed by atoms with Crippen molar-refractivity contribution in [1.29, 1.82) is 0 Å². The van der Waals surface area contributed by atoms with Crippen LogP contribution in [-0.2, 0) is 12.8 Å². The Balaban J connectivity index is 1.91. The SMILES string of the molecule is CCN(C)CCNC(=O)c1cc2c(s1)CCCCCC2. The van der Waals surface area contributed by atoms with Gasteiger partial charge in [-0.2, -0.15) is 0 Å². The van der Waals surface area contributed by atoms with Gasteiger partial charge in [-0.25, -0.2) is 0 Å². The van der Waals surface area contributed by atoms with E-state index in [0.29, 0.717) is 0 Å². The summed E-state index contributed by atoms with van der Waals surface area (Å²) >= 11 is 1.70. The first-order valence-corrected chi connectivity index (χ1v) is 8.60. The molecule has 0 atom stereocenters. The lowest BCUT2D eigenvalue weighted by Crippen LogP contribution is -2.32. The molecule has 1 aliphatic rings. The van der Waals surface area contributed by atoms with Crippen molar-refractivity contribution in [3.8, 4) is 0 Å². The average Bonchev–Trinajstić information content (AvgIpc) is 2.81. The minimum absolute atomic E-state index is 0.103. The lowest BCUT2D eigenvalue weighted by molar-refractivity contribution is 0.0954. The Morgan fingerprint density at radius 1 is 1.30 bits per heavy atom. The maximum atomic E-state index is 12.2. The van der Waals surface area contributed by atoms with E-state index in [1.54, 1.807) is 11.3 Å². The van der Waals surface area contributed by atoms with Crippen molar-refractivity contribution in [2.45, 2.75) is 45.4 Å². The number of hydrogen-bond acceptors (Lipinski definition) is 3. The molecule has 1 heterocycles. The van der Waals surface area contributed by atoms with Crippen LogP contribution >= 0.6 is 11.3 Å². The van der Waals surface area contributed by atoms with Gasteiger partial charge in [0, 0.05) is 18.0 Å². The van der Waals surface area contributed by atoms with Crippen LogP contribution in [0, 0.1) is 0 Å². The molecule has 0 unspecified atom stereocenters. The van der Waals surface area contributed by atoms with Gasteiger partial charge in [-0.05, 0) is 50.9 Å². The predicted molar refractivity (Wildman–Crippen MR) is 85.7 cm³/mol. The molecule has 0 saturated carbocycles. The molecule has 0 aromatic carbocycles. The lowest BCUT2D eigenvalue weighted by atomic mass is 10.00. The number of thiophene rings is 1. The summed E-state index contributed by atoms with van der Waals surface area (Å²) in [5.74, 6) is 0.103. The second-order valence-electron chi connectivity index (χ2n) is 5.63. The number of aryl methyl sites for hydroxylation is 2. The molecule has 20 heavy (non-hydrogen) atoms. The van der Waals surface area contributed by atoms with E-state index in [1.165, 1.54) is 36.1 Å². The molecule has 3 nitrogen and oxygen atoms in total. The van der Waals surface area contributed by atoms with Crippen molar-refractivity contribution >= 4 is 17.2 Å². The first-order valence-electron chi connectivity index (χ1n) is 7.79.